The third-order valence-electron chi connectivity index (χ3n) is 3.56. The van der Waals surface area contributed by atoms with Gasteiger partial charge >= 0.3 is 0 Å². The molecule has 0 aromatic carbocycles. The SMILES string of the molecule is O=C(NC1CCCCCC1Br)C1CCSC1. The van der Waals surface area contributed by atoms with Crippen LogP contribution >= 0.6 is 27.7 Å². The Kier molecular flexibility index (Phi) is 5.01. The summed E-state index contributed by atoms with van der Waals surface area (Å²) in [7, 11) is 0. The van der Waals surface area contributed by atoms with Gasteiger partial charge in [0.1, 0.15) is 0 Å². The van der Waals surface area contributed by atoms with Crippen LogP contribution in [-0.4, -0.2) is 28.3 Å². The highest BCUT2D eigenvalue weighted by Crippen LogP contribution is 2.26. The minimum absolute atomic E-state index is 0.271. The van der Waals surface area contributed by atoms with Gasteiger partial charge in [-0.15, -0.1) is 0 Å². The Morgan fingerprint density at radius 1 is 1.19 bits per heavy atom. The van der Waals surface area contributed by atoms with Crippen molar-refractivity contribution in [3.63, 3.8) is 0 Å². The standard InChI is InChI=1S/C12H20BrNOS/c13-10-4-2-1-3-5-11(10)14-12(15)9-6-7-16-8-9/h9-11H,1-8H2,(H,14,15). The molecule has 0 aromatic heterocycles. The van der Waals surface area contributed by atoms with E-state index in [9.17, 15) is 4.79 Å². The van der Waals surface area contributed by atoms with Gasteiger partial charge in [0, 0.05) is 22.5 Å². The first-order valence-electron chi connectivity index (χ1n) is 6.29. The number of nitrogens with one attached hydrogen (secondary N) is 1. The van der Waals surface area contributed by atoms with Gasteiger partial charge in [-0.1, -0.05) is 35.2 Å². The topological polar surface area (TPSA) is 29.1 Å². The van der Waals surface area contributed by atoms with E-state index in [1.54, 1.807) is 0 Å². The van der Waals surface area contributed by atoms with Gasteiger partial charge in [-0.2, -0.15) is 11.8 Å². The number of rotatable bonds is 2. The molecule has 92 valence electrons. The second kappa shape index (κ2) is 6.29. The molecule has 1 heterocycles. The summed E-state index contributed by atoms with van der Waals surface area (Å²) in [6.07, 6.45) is 7.27. The van der Waals surface area contributed by atoms with Gasteiger partial charge in [0.15, 0.2) is 0 Å². The number of thioether (sulfide) groups is 1. The van der Waals surface area contributed by atoms with Crippen LogP contribution in [0.2, 0.25) is 0 Å². The maximum absolute atomic E-state index is 12.0. The van der Waals surface area contributed by atoms with Crippen molar-refractivity contribution in [3.8, 4) is 0 Å². The molecule has 3 unspecified atom stereocenters. The summed E-state index contributed by atoms with van der Waals surface area (Å²) in [6, 6.07) is 0.362. The van der Waals surface area contributed by atoms with Crippen molar-refractivity contribution >= 4 is 33.6 Å². The summed E-state index contributed by atoms with van der Waals surface area (Å²) in [5, 5.41) is 3.25. The summed E-state index contributed by atoms with van der Waals surface area (Å²) in [5.41, 5.74) is 0. The van der Waals surface area contributed by atoms with Crippen molar-refractivity contribution in [1.29, 1.82) is 0 Å². The van der Waals surface area contributed by atoms with Crippen molar-refractivity contribution in [2.75, 3.05) is 11.5 Å². The highest BCUT2D eigenvalue weighted by molar-refractivity contribution is 9.09. The molecule has 1 saturated heterocycles. The predicted octanol–water partition coefficient (Wildman–Crippen LogP) is 2.95. The van der Waals surface area contributed by atoms with Crippen LogP contribution in [-0.2, 0) is 4.79 Å². The Morgan fingerprint density at radius 2 is 2.00 bits per heavy atom. The second-order valence-corrected chi connectivity index (χ2v) is 7.16. The van der Waals surface area contributed by atoms with Crippen LogP contribution in [0.3, 0.4) is 0 Å². The van der Waals surface area contributed by atoms with Crippen molar-refractivity contribution in [3.05, 3.63) is 0 Å². The van der Waals surface area contributed by atoms with Crippen molar-refractivity contribution < 1.29 is 4.79 Å². The molecule has 1 aliphatic heterocycles. The first kappa shape index (κ1) is 12.7. The molecule has 2 nitrogen and oxygen atoms in total. The van der Waals surface area contributed by atoms with E-state index in [0.717, 1.165) is 24.3 Å². The van der Waals surface area contributed by atoms with Gasteiger partial charge in [0.2, 0.25) is 5.91 Å². The van der Waals surface area contributed by atoms with Gasteiger partial charge in [-0.05, 0) is 25.0 Å². The van der Waals surface area contributed by atoms with Crippen LogP contribution in [0.4, 0.5) is 0 Å². The van der Waals surface area contributed by atoms with Crippen LogP contribution in [0.15, 0.2) is 0 Å². The maximum Gasteiger partial charge on any atom is 0.224 e. The summed E-state index contributed by atoms with van der Waals surface area (Å²) in [6.45, 7) is 0. The molecule has 0 bridgehead atoms. The number of hydrogen-bond donors (Lipinski definition) is 1. The molecule has 1 amide bonds. The minimum Gasteiger partial charge on any atom is -0.352 e. The molecule has 16 heavy (non-hydrogen) atoms. The number of carbonyl (C=O) groups is 1. The molecule has 2 fully saturated rings. The van der Waals surface area contributed by atoms with Crippen LogP contribution < -0.4 is 5.32 Å². The largest absolute Gasteiger partial charge is 0.352 e. The third kappa shape index (κ3) is 3.39. The van der Waals surface area contributed by atoms with E-state index in [0.29, 0.717) is 16.8 Å². The number of carbonyl (C=O) groups excluding carboxylic acids is 1. The summed E-state index contributed by atoms with van der Waals surface area (Å²) in [4.78, 5) is 12.5. The quantitative estimate of drug-likeness (QED) is 0.628. The molecule has 2 aliphatic rings. The van der Waals surface area contributed by atoms with E-state index in [1.807, 2.05) is 11.8 Å². The molecule has 0 radical (unpaired) electrons. The monoisotopic (exact) mass is 305 g/mol. The lowest BCUT2D eigenvalue weighted by molar-refractivity contribution is -0.125. The molecule has 1 N–H and O–H groups in total. The normalized spacial score (nSPS) is 35.7. The fourth-order valence-corrected chi connectivity index (χ4v) is 4.41. The maximum atomic E-state index is 12.0. The van der Waals surface area contributed by atoms with E-state index in [1.165, 1.54) is 25.7 Å². The van der Waals surface area contributed by atoms with Gasteiger partial charge in [-0.25, -0.2) is 0 Å². The Bertz CT molecular complexity index is 243. The Balaban J connectivity index is 1.84. The number of halogens is 1. The van der Waals surface area contributed by atoms with Gasteiger partial charge in [-0.3, -0.25) is 4.79 Å². The molecule has 0 aromatic rings. The molecule has 2 rings (SSSR count). The molecule has 0 spiro atoms. The molecule has 4 heteroatoms. The fourth-order valence-electron chi connectivity index (χ4n) is 2.47. The molecule has 1 aliphatic carbocycles. The first-order valence-corrected chi connectivity index (χ1v) is 8.36. The smallest absolute Gasteiger partial charge is 0.224 e. The van der Waals surface area contributed by atoms with Crippen molar-refractivity contribution in [2.45, 2.75) is 49.4 Å². The lowest BCUT2D eigenvalue weighted by atomic mass is 10.1. The fraction of sp³-hybridized carbons (Fsp3) is 0.917. The zero-order chi connectivity index (χ0) is 11.4. The number of alkyl halides is 1. The van der Waals surface area contributed by atoms with Gasteiger partial charge in [0.25, 0.3) is 0 Å². The Labute approximate surface area is 110 Å². The highest BCUT2D eigenvalue weighted by Gasteiger charge is 2.28. The first-order chi connectivity index (χ1) is 7.77. The van der Waals surface area contributed by atoms with E-state index in [-0.39, 0.29) is 5.92 Å². The van der Waals surface area contributed by atoms with E-state index in [2.05, 4.69) is 21.2 Å². The van der Waals surface area contributed by atoms with Crippen LogP contribution in [0.25, 0.3) is 0 Å². The van der Waals surface area contributed by atoms with E-state index in [4.69, 9.17) is 0 Å². The predicted molar refractivity (Wildman–Crippen MR) is 73.2 cm³/mol. The zero-order valence-corrected chi connectivity index (χ0v) is 12.0. The Morgan fingerprint density at radius 3 is 2.75 bits per heavy atom. The van der Waals surface area contributed by atoms with E-state index >= 15 is 0 Å². The van der Waals surface area contributed by atoms with E-state index < -0.39 is 0 Å². The van der Waals surface area contributed by atoms with Crippen LogP contribution in [0, 0.1) is 5.92 Å². The molecule has 1 saturated carbocycles. The summed E-state index contributed by atoms with van der Waals surface area (Å²) in [5.74, 6) is 2.74. The Hall–Kier alpha value is 0.300. The third-order valence-corrected chi connectivity index (χ3v) is 5.82. The van der Waals surface area contributed by atoms with Gasteiger partial charge in [0.05, 0.1) is 0 Å². The average molecular weight is 306 g/mol. The van der Waals surface area contributed by atoms with Crippen molar-refractivity contribution in [1.82, 2.24) is 5.32 Å². The number of hydrogen-bond acceptors (Lipinski definition) is 2. The number of amides is 1. The van der Waals surface area contributed by atoms with Gasteiger partial charge < -0.3 is 5.32 Å². The summed E-state index contributed by atoms with van der Waals surface area (Å²) < 4.78 is 0. The average Bonchev–Trinajstić information content (AvgIpc) is 2.73. The lowest BCUT2D eigenvalue weighted by Crippen LogP contribution is -2.43. The highest BCUT2D eigenvalue weighted by atomic mass is 79.9. The van der Waals surface area contributed by atoms with Crippen molar-refractivity contribution in [2.24, 2.45) is 5.92 Å². The van der Waals surface area contributed by atoms with Crippen LogP contribution in [0.5, 0.6) is 0 Å². The lowest BCUT2D eigenvalue weighted by Gasteiger charge is -2.23. The minimum atomic E-state index is 0.271. The molecular formula is C12H20BrNOS. The molecular weight excluding hydrogens is 286 g/mol. The molecule has 3 atom stereocenters. The zero-order valence-electron chi connectivity index (χ0n) is 9.58. The van der Waals surface area contributed by atoms with Crippen LogP contribution in [0.1, 0.15) is 38.5 Å². The second-order valence-electron chi connectivity index (χ2n) is 4.83. The summed E-state index contributed by atoms with van der Waals surface area (Å²) >= 11 is 5.63.